The molecule has 4 saturated heterocycles. The number of piperidine rings is 1. The van der Waals surface area contributed by atoms with Crippen molar-refractivity contribution in [2.45, 2.75) is 48.5 Å². The molecule has 8 unspecified atom stereocenters. The zero-order valence-corrected chi connectivity index (χ0v) is 15.9. The second-order valence-electron chi connectivity index (χ2n) is 8.00. The van der Waals surface area contributed by atoms with Crippen LogP contribution in [0.5, 0.6) is 0 Å². The summed E-state index contributed by atoms with van der Waals surface area (Å²) in [4.78, 5) is 15.2. The van der Waals surface area contributed by atoms with Crippen molar-refractivity contribution < 1.29 is 14.3 Å². The number of nitrogens with zero attached hydrogens (tertiary/aromatic N) is 2. The molecule has 154 valence electrons. The topological polar surface area (TPSA) is 118 Å². The maximum atomic E-state index is 13.6. The van der Waals surface area contributed by atoms with Crippen LogP contribution >= 0.6 is 11.6 Å². The van der Waals surface area contributed by atoms with E-state index < -0.39 is 18.3 Å². The van der Waals surface area contributed by atoms with Gasteiger partial charge in [-0.2, -0.15) is 0 Å². The second kappa shape index (κ2) is 8.03. The first kappa shape index (κ1) is 19.7. The van der Waals surface area contributed by atoms with Crippen LogP contribution in [0.2, 0.25) is 0 Å². The van der Waals surface area contributed by atoms with E-state index in [1.165, 1.54) is 0 Å². The highest BCUT2D eigenvalue weighted by atomic mass is 35.5. The third-order valence-electron chi connectivity index (χ3n) is 6.05. The van der Waals surface area contributed by atoms with Gasteiger partial charge < -0.3 is 21.5 Å². The minimum atomic E-state index is -0.992. The summed E-state index contributed by atoms with van der Waals surface area (Å²) in [6.07, 6.45) is -1.53. The number of hydrogen-bond donors (Lipinski definition) is 6. The van der Waals surface area contributed by atoms with Gasteiger partial charge in [0.1, 0.15) is 6.17 Å². The van der Waals surface area contributed by atoms with Gasteiger partial charge >= 0.3 is 0 Å². The van der Waals surface area contributed by atoms with Gasteiger partial charge in [-0.05, 0) is 6.42 Å². The predicted octanol–water partition coefficient (Wildman–Crippen LogP) is -2.89. The average molecular weight is 406 g/mol. The van der Waals surface area contributed by atoms with Crippen LogP contribution in [-0.2, 0) is 4.79 Å². The Morgan fingerprint density at radius 3 is 2.85 bits per heavy atom. The van der Waals surface area contributed by atoms with Crippen LogP contribution in [0.3, 0.4) is 0 Å². The molecule has 4 fully saturated rings. The minimum absolute atomic E-state index is 0.0507. The van der Waals surface area contributed by atoms with Crippen LogP contribution in [0, 0.1) is 5.92 Å². The van der Waals surface area contributed by atoms with Crippen LogP contribution in [-0.4, -0.2) is 102 Å². The molecular weight excluding hydrogens is 377 g/mol. The number of hydrogen-bond acceptors (Lipinski definition) is 8. The Morgan fingerprint density at radius 1 is 1.30 bits per heavy atom. The Hall–Kier alpha value is -0.590. The van der Waals surface area contributed by atoms with Crippen molar-refractivity contribution in [3.8, 4) is 0 Å². The van der Waals surface area contributed by atoms with Gasteiger partial charge in [-0.1, -0.05) is 0 Å². The van der Waals surface area contributed by atoms with Crippen molar-refractivity contribution in [2.24, 2.45) is 11.7 Å². The van der Waals surface area contributed by atoms with E-state index >= 15 is 0 Å². The van der Waals surface area contributed by atoms with E-state index in [0.717, 1.165) is 13.0 Å². The fraction of sp³-hybridized carbons (Fsp3) is 0.938. The van der Waals surface area contributed by atoms with E-state index in [0.29, 0.717) is 19.6 Å². The van der Waals surface area contributed by atoms with Crippen molar-refractivity contribution in [3.05, 3.63) is 0 Å². The average Bonchev–Trinajstić information content (AvgIpc) is 3.16. The Bertz CT molecular complexity index is 561. The number of nitrogens with one attached hydrogen (secondary N) is 4. The number of aliphatic hydroxyl groups is 1. The number of nitrogens with two attached hydrogens (primary N) is 1. The molecule has 4 aliphatic heterocycles. The normalized spacial score (nSPS) is 46.4. The van der Waals surface area contributed by atoms with E-state index in [-0.39, 0.29) is 48.7 Å². The van der Waals surface area contributed by atoms with Crippen LogP contribution < -0.4 is 27.1 Å². The molecule has 0 bridgehead atoms. The number of halogens is 2. The lowest BCUT2D eigenvalue weighted by Gasteiger charge is -2.42. The number of β-amino-alcohol motifs (C(OH)–C–C–N with tert-alkyl or cyclic N) is 1. The molecule has 27 heavy (non-hydrogen) atoms. The first-order chi connectivity index (χ1) is 12.9. The fourth-order valence-corrected chi connectivity index (χ4v) is 5.23. The molecule has 7 N–H and O–H groups in total. The molecule has 4 heterocycles. The van der Waals surface area contributed by atoms with Gasteiger partial charge in [0.2, 0.25) is 5.91 Å². The number of alkyl halides is 2. The molecule has 11 heteroatoms. The Labute approximate surface area is 163 Å². The summed E-state index contributed by atoms with van der Waals surface area (Å²) in [5.41, 5.74) is 9.13. The van der Waals surface area contributed by atoms with Crippen molar-refractivity contribution in [1.82, 2.24) is 31.3 Å². The highest BCUT2D eigenvalue weighted by molar-refractivity contribution is 6.21. The maximum Gasteiger partial charge on any atom is 0.229 e. The summed E-state index contributed by atoms with van der Waals surface area (Å²) in [6.45, 7) is 3.02. The SMILES string of the molecule is NC1NN2CC(F)CNC2C1C(=O)NC1CNCC(Cl)C1N1CCC(O)C1. The van der Waals surface area contributed by atoms with Crippen LogP contribution in [0.25, 0.3) is 0 Å². The van der Waals surface area contributed by atoms with E-state index in [1.54, 1.807) is 5.01 Å². The second-order valence-corrected chi connectivity index (χ2v) is 8.56. The van der Waals surface area contributed by atoms with Gasteiger partial charge in [0.15, 0.2) is 0 Å². The standard InChI is InChI=1S/C16H29ClFN7O2/c17-10-4-20-5-11(13(10)24-2-1-9(26)7-24)22-16(27)12-14(19)23-25-6-8(18)3-21-15(12)25/h8-15,20-21,23,26H,1-7,19H2,(H,22,27). The van der Waals surface area contributed by atoms with E-state index in [4.69, 9.17) is 17.3 Å². The largest absolute Gasteiger partial charge is 0.392 e. The quantitative estimate of drug-likeness (QED) is 0.277. The fourth-order valence-electron chi connectivity index (χ4n) is 4.79. The molecule has 0 aromatic rings. The number of fused-ring (bicyclic) bond motifs is 1. The summed E-state index contributed by atoms with van der Waals surface area (Å²) in [7, 11) is 0. The smallest absolute Gasteiger partial charge is 0.229 e. The first-order valence-corrected chi connectivity index (χ1v) is 10.1. The predicted molar refractivity (Wildman–Crippen MR) is 98.4 cm³/mol. The van der Waals surface area contributed by atoms with Crippen molar-refractivity contribution >= 4 is 17.5 Å². The molecule has 0 radical (unpaired) electrons. The summed E-state index contributed by atoms with van der Waals surface area (Å²) >= 11 is 6.57. The molecule has 4 rings (SSSR count). The van der Waals surface area contributed by atoms with E-state index in [1.807, 2.05) is 0 Å². The number of carbonyl (C=O) groups excluding carboxylic acids is 1. The lowest BCUT2D eigenvalue weighted by atomic mass is 9.96. The number of amides is 1. The van der Waals surface area contributed by atoms with Crippen molar-refractivity contribution in [2.75, 3.05) is 39.3 Å². The molecule has 8 atom stereocenters. The molecule has 1 amide bonds. The maximum absolute atomic E-state index is 13.6. The molecule has 9 nitrogen and oxygen atoms in total. The van der Waals surface area contributed by atoms with Crippen LogP contribution in [0.4, 0.5) is 4.39 Å². The van der Waals surface area contributed by atoms with Crippen molar-refractivity contribution in [3.63, 3.8) is 0 Å². The highest BCUT2D eigenvalue weighted by Gasteiger charge is 2.48. The van der Waals surface area contributed by atoms with Gasteiger partial charge in [0, 0.05) is 45.3 Å². The Balaban J connectivity index is 1.44. The summed E-state index contributed by atoms with van der Waals surface area (Å²) in [5, 5.41) is 20.9. The zero-order chi connectivity index (χ0) is 19.1. The molecule has 0 saturated carbocycles. The Morgan fingerprint density at radius 2 is 2.11 bits per heavy atom. The Kier molecular flexibility index (Phi) is 5.87. The van der Waals surface area contributed by atoms with Gasteiger partial charge in [0.25, 0.3) is 0 Å². The van der Waals surface area contributed by atoms with E-state index in [2.05, 4.69) is 26.3 Å². The van der Waals surface area contributed by atoms with Crippen LogP contribution in [0.15, 0.2) is 0 Å². The number of likely N-dealkylation sites (tertiary alicyclic amines) is 1. The zero-order valence-electron chi connectivity index (χ0n) is 15.2. The number of hydrazine groups is 1. The van der Waals surface area contributed by atoms with Crippen LogP contribution in [0.1, 0.15) is 6.42 Å². The lowest BCUT2D eigenvalue weighted by molar-refractivity contribution is -0.128. The van der Waals surface area contributed by atoms with Gasteiger partial charge in [-0.25, -0.2) is 14.8 Å². The minimum Gasteiger partial charge on any atom is -0.392 e. The summed E-state index contributed by atoms with van der Waals surface area (Å²) in [6, 6.07) is -0.233. The molecule has 0 aliphatic carbocycles. The molecule has 0 spiro atoms. The summed E-state index contributed by atoms with van der Waals surface area (Å²) < 4.78 is 13.6. The third-order valence-corrected chi connectivity index (χ3v) is 6.47. The monoisotopic (exact) mass is 405 g/mol. The van der Waals surface area contributed by atoms with E-state index in [9.17, 15) is 14.3 Å². The molecule has 0 aromatic heterocycles. The summed E-state index contributed by atoms with van der Waals surface area (Å²) in [5.74, 6) is -0.701. The number of aliphatic hydroxyl groups excluding tert-OH is 1. The third kappa shape index (κ3) is 3.95. The molecule has 0 aromatic carbocycles. The number of carbonyl (C=O) groups is 1. The highest BCUT2D eigenvalue weighted by Crippen LogP contribution is 2.25. The molecule has 4 aliphatic rings. The van der Waals surface area contributed by atoms with Gasteiger partial charge in [0.05, 0.1) is 35.8 Å². The van der Waals surface area contributed by atoms with Gasteiger partial charge in [-0.3, -0.25) is 15.0 Å². The molecular formula is C16H29ClFN7O2. The van der Waals surface area contributed by atoms with Crippen molar-refractivity contribution in [1.29, 1.82) is 0 Å². The first-order valence-electron chi connectivity index (χ1n) is 9.67. The number of rotatable bonds is 3. The van der Waals surface area contributed by atoms with Gasteiger partial charge in [-0.15, -0.1) is 11.6 Å². The lowest BCUT2D eigenvalue weighted by Crippen LogP contribution is -2.66.